The zero-order valence-corrected chi connectivity index (χ0v) is 11.7. The first-order chi connectivity index (χ1) is 9.65. The normalized spacial score (nSPS) is 18.9. The van der Waals surface area contributed by atoms with Gasteiger partial charge >= 0.3 is 5.97 Å². The van der Waals surface area contributed by atoms with Crippen molar-refractivity contribution in [2.75, 3.05) is 12.5 Å². The van der Waals surface area contributed by atoms with Gasteiger partial charge in [-0.05, 0) is 59.9 Å². The van der Waals surface area contributed by atoms with Crippen molar-refractivity contribution in [3.05, 3.63) is 28.8 Å². The number of carbonyl (C=O) groups excluding carboxylic acids is 1. The minimum atomic E-state index is -2.40. The molecule has 0 saturated heterocycles. The van der Waals surface area contributed by atoms with Gasteiger partial charge in [0.25, 0.3) is 0 Å². The Labute approximate surface area is 119 Å². The molecule has 0 radical (unpaired) electrons. The molecule has 1 aromatic rings. The first-order valence-corrected chi connectivity index (χ1v) is 7.92. The van der Waals surface area contributed by atoms with E-state index in [0.29, 0.717) is 23.8 Å². The molecule has 20 heavy (non-hydrogen) atoms. The van der Waals surface area contributed by atoms with E-state index >= 15 is 0 Å². The number of hydrogen-bond donors (Lipinski definition) is 0. The van der Waals surface area contributed by atoms with Crippen LogP contribution in [0.1, 0.15) is 46.7 Å². The minimum absolute atomic E-state index is 0.356. The van der Waals surface area contributed by atoms with Gasteiger partial charge in [-0.15, -0.1) is 0 Å². The molecule has 0 aromatic heterocycles. The lowest BCUT2D eigenvalue weighted by Crippen LogP contribution is -2.16. The fourth-order valence-corrected chi connectivity index (χ4v) is 2.69. The standard InChI is InChI=1S/C14H16O5S/c15-14(19-8-20(16)17)12-7-11(9-3-4-9)6-10-2-1-5-18-13(10)12/h6-7,9H,1-5,8H2,(H,16,17)/p-1. The molecule has 108 valence electrons. The quantitative estimate of drug-likeness (QED) is 0.626. The van der Waals surface area contributed by atoms with E-state index in [0.717, 1.165) is 36.8 Å². The Bertz CT molecular complexity index is 565. The van der Waals surface area contributed by atoms with Crippen LogP contribution in [0.4, 0.5) is 0 Å². The Kier molecular flexibility index (Phi) is 3.76. The van der Waals surface area contributed by atoms with Crippen molar-refractivity contribution in [1.29, 1.82) is 0 Å². The summed E-state index contributed by atoms with van der Waals surface area (Å²) in [4.78, 5) is 12.0. The Morgan fingerprint density at radius 3 is 2.95 bits per heavy atom. The van der Waals surface area contributed by atoms with Crippen LogP contribution in [-0.4, -0.2) is 27.3 Å². The SMILES string of the molecule is O=C(OCS(=O)[O-])c1cc(C2CC2)cc2c1OCCC2. The van der Waals surface area contributed by atoms with Gasteiger partial charge in [-0.1, -0.05) is 6.07 Å². The smallest absolute Gasteiger partial charge is 0.342 e. The Balaban J connectivity index is 1.92. The number of esters is 1. The summed E-state index contributed by atoms with van der Waals surface area (Å²) in [5.74, 6) is -0.180. The molecule has 1 atom stereocenters. The fraction of sp³-hybridized carbons (Fsp3) is 0.500. The Morgan fingerprint density at radius 2 is 2.25 bits per heavy atom. The maximum Gasteiger partial charge on any atom is 0.342 e. The van der Waals surface area contributed by atoms with Crippen molar-refractivity contribution < 1.29 is 23.0 Å². The highest BCUT2D eigenvalue weighted by molar-refractivity contribution is 7.78. The predicted molar refractivity (Wildman–Crippen MR) is 71.4 cm³/mol. The van der Waals surface area contributed by atoms with Crippen molar-refractivity contribution in [2.24, 2.45) is 0 Å². The minimum Gasteiger partial charge on any atom is -0.770 e. The Morgan fingerprint density at radius 1 is 1.45 bits per heavy atom. The van der Waals surface area contributed by atoms with Gasteiger partial charge in [0.15, 0.2) is 5.94 Å². The first kappa shape index (κ1) is 13.6. The molecule has 1 aromatic carbocycles. The van der Waals surface area contributed by atoms with Crippen molar-refractivity contribution >= 4 is 17.0 Å². The molecular weight excluding hydrogens is 280 g/mol. The molecule has 0 spiro atoms. The van der Waals surface area contributed by atoms with Crippen LogP contribution in [-0.2, 0) is 22.2 Å². The number of ether oxygens (including phenoxy) is 2. The molecular formula is C14H15O5S-. The van der Waals surface area contributed by atoms with E-state index < -0.39 is 23.0 Å². The van der Waals surface area contributed by atoms with Crippen LogP contribution >= 0.6 is 0 Å². The predicted octanol–water partition coefficient (Wildman–Crippen LogP) is 1.88. The molecule has 6 heteroatoms. The number of aryl methyl sites for hydroxylation is 1. The largest absolute Gasteiger partial charge is 0.770 e. The maximum absolute atomic E-state index is 12.0. The van der Waals surface area contributed by atoms with Gasteiger partial charge in [0.05, 0.1) is 6.61 Å². The summed E-state index contributed by atoms with van der Waals surface area (Å²) < 4.78 is 31.4. The van der Waals surface area contributed by atoms with Gasteiger partial charge in [-0.25, -0.2) is 4.79 Å². The van der Waals surface area contributed by atoms with E-state index in [-0.39, 0.29) is 0 Å². The van der Waals surface area contributed by atoms with Crippen LogP contribution in [0.5, 0.6) is 5.75 Å². The summed E-state index contributed by atoms with van der Waals surface area (Å²) >= 11 is -2.40. The van der Waals surface area contributed by atoms with E-state index in [4.69, 9.17) is 9.47 Å². The van der Waals surface area contributed by atoms with Crippen LogP contribution in [0.25, 0.3) is 0 Å². The lowest BCUT2D eigenvalue weighted by atomic mass is 9.97. The summed E-state index contributed by atoms with van der Waals surface area (Å²) in [7, 11) is 0. The summed E-state index contributed by atoms with van der Waals surface area (Å²) in [6, 6.07) is 3.90. The molecule has 1 heterocycles. The highest BCUT2D eigenvalue weighted by Gasteiger charge is 2.28. The first-order valence-electron chi connectivity index (χ1n) is 6.68. The molecule has 0 amide bonds. The number of carbonyl (C=O) groups is 1. The fourth-order valence-electron chi connectivity index (χ4n) is 2.49. The van der Waals surface area contributed by atoms with Crippen molar-refractivity contribution in [1.82, 2.24) is 0 Å². The zero-order valence-electron chi connectivity index (χ0n) is 10.9. The van der Waals surface area contributed by atoms with E-state index in [1.54, 1.807) is 6.07 Å². The molecule has 5 nitrogen and oxygen atoms in total. The third kappa shape index (κ3) is 2.86. The average Bonchev–Trinajstić information content (AvgIpc) is 3.28. The number of rotatable bonds is 4. The van der Waals surface area contributed by atoms with E-state index in [2.05, 4.69) is 6.07 Å². The lowest BCUT2D eigenvalue weighted by molar-refractivity contribution is 0.0564. The summed E-state index contributed by atoms with van der Waals surface area (Å²) in [6.07, 6.45) is 4.08. The molecule has 0 N–H and O–H groups in total. The van der Waals surface area contributed by atoms with E-state index in [9.17, 15) is 13.6 Å². The van der Waals surface area contributed by atoms with Gasteiger partial charge < -0.3 is 14.0 Å². The maximum atomic E-state index is 12.0. The molecule has 0 bridgehead atoms. The van der Waals surface area contributed by atoms with Gasteiger partial charge in [0, 0.05) is 0 Å². The zero-order chi connectivity index (χ0) is 14.1. The van der Waals surface area contributed by atoms with Crippen LogP contribution in [0.15, 0.2) is 12.1 Å². The van der Waals surface area contributed by atoms with Gasteiger partial charge in [0.1, 0.15) is 11.3 Å². The molecule has 1 aliphatic carbocycles. The van der Waals surface area contributed by atoms with Crippen LogP contribution in [0.2, 0.25) is 0 Å². The molecule has 1 aliphatic heterocycles. The van der Waals surface area contributed by atoms with Crippen molar-refractivity contribution in [2.45, 2.75) is 31.6 Å². The second-order valence-electron chi connectivity index (χ2n) is 5.14. The summed E-state index contributed by atoms with van der Waals surface area (Å²) in [5, 5.41) is 0. The lowest BCUT2D eigenvalue weighted by Gasteiger charge is -2.21. The highest BCUT2D eigenvalue weighted by atomic mass is 32.2. The van der Waals surface area contributed by atoms with Crippen molar-refractivity contribution in [3.8, 4) is 5.75 Å². The summed E-state index contributed by atoms with van der Waals surface area (Å²) in [5.41, 5.74) is 2.51. The highest BCUT2D eigenvalue weighted by Crippen LogP contribution is 2.43. The van der Waals surface area contributed by atoms with Gasteiger partial charge in [0.2, 0.25) is 0 Å². The van der Waals surface area contributed by atoms with Crippen LogP contribution in [0, 0.1) is 0 Å². The summed E-state index contributed by atoms with van der Waals surface area (Å²) in [6.45, 7) is 0.573. The third-order valence-electron chi connectivity index (χ3n) is 3.58. The second-order valence-corrected chi connectivity index (χ2v) is 5.98. The number of hydrogen-bond acceptors (Lipinski definition) is 5. The molecule has 3 rings (SSSR count). The third-order valence-corrected chi connectivity index (χ3v) is 3.89. The van der Waals surface area contributed by atoms with Crippen LogP contribution in [0.3, 0.4) is 0 Å². The molecule has 2 aliphatic rings. The second kappa shape index (κ2) is 5.54. The molecule has 1 unspecified atom stereocenters. The number of fused-ring (bicyclic) bond motifs is 1. The average molecular weight is 295 g/mol. The number of benzene rings is 1. The monoisotopic (exact) mass is 295 g/mol. The van der Waals surface area contributed by atoms with E-state index in [1.165, 1.54) is 0 Å². The van der Waals surface area contributed by atoms with Crippen molar-refractivity contribution in [3.63, 3.8) is 0 Å². The topological polar surface area (TPSA) is 75.7 Å². The molecule has 1 fully saturated rings. The molecule has 1 saturated carbocycles. The van der Waals surface area contributed by atoms with Crippen LogP contribution < -0.4 is 4.74 Å². The van der Waals surface area contributed by atoms with E-state index in [1.807, 2.05) is 0 Å². The van der Waals surface area contributed by atoms with Gasteiger partial charge in [-0.3, -0.25) is 4.21 Å². The Hall–Kier alpha value is -1.40. The van der Waals surface area contributed by atoms with Gasteiger partial charge in [-0.2, -0.15) is 0 Å².